The average molecular weight is 316 g/mol. The summed E-state index contributed by atoms with van der Waals surface area (Å²) in [6, 6.07) is 10.4. The van der Waals surface area contributed by atoms with Gasteiger partial charge < -0.3 is 14.5 Å². The van der Waals surface area contributed by atoms with Gasteiger partial charge in [0.1, 0.15) is 0 Å². The van der Waals surface area contributed by atoms with Crippen LogP contribution in [0.15, 0.2) is 30.3 Å². The van der Waals surface area contributed by atoms with Crippen molar-refractivity contribution in [2.24, 2.45) is 5.41 Å². The van der Waals surface area contributed by atoms with Crippen molar-refractivity contribution in [2.45, 2.75) is 25.7 Å². The lowest BCUT2D eigenvalue weighted by molar-refractivity contribution is -0.147. The van der Waals surface area contributed by atoms with Crippen LogP contribution in [-0.4, -0.2) is 62.1 Å². The summed E-state index contributed by atoms with van der Waals surface area (Å²) in [5.41, 5.74) is 0.984. The van der Waals surface area contributed by atoms with E-state index in [9.17, 15) is 4.79 Å². The highest BCUT2D eigenvalue weighted by molar-refractivity contribution is 5.83. The first-order valence-electron chi connectivity index (χ1n) is 8.79. The molecular formula is C19H28N2O2. The Kier molecular flexibility index (Phi) is 5.34. The monoisotopic (exact) mass is 316 g/mol. The van der Waals surface area contributed by atoms with E-state index in [1.54, 1.807) is 0 Å². The summed E-state index contributed by atoms with van der Waals surface area (Å²) >= 11 is 0. The van der Waals surface area contributed by atoms with Crippen molar-refractivity contribution in [1.29, 1.82) is 0 Å². The topological polar surface area (TPSA) is 32.8 Å². The predicted octanol–water partition coefficient (Wildman–Crippen LogP) is 2.19. The molecule has 126 valence electrons. The lowest BCUT2D eigenvalue weighted by atomic mass is 9.74. The third-order valence-corrected chi connectivity index (χ3v) is 5.30. The van der Waals surface area contributed by atoms with Crippen molar-refractivity contribution in [2.75, 3.05) is 46.4 Å². The lowest BCUT2D eigenvalue weighted by Crippen LogP contribution is -2.49. The van der Waals surface area contributed by atoms with E-state index in [1.165, 1.54) is 5.56 Å². The fourth-order valence-corrected chi connectivity index (χ4v) is 3.80. The van der Waals surface area contributed by atoms with Gasteiger partial charge in [0.05, 0.1) is 5.41 Å². The van der Waals surface area contributed by atoms with E-state index in [2.05, 4.69) is 41.1 Å². The van der Waals surface area contributed by atoms with Gasteiger partial charge in [-0.05, 0) is 44.8 Å². The third kappa shape index (κ3) is 3.93. The minimum absolute atomic E-state index is 0.275. The largest absolute Gasteiger partial charge is 0.381 e. The molecule has 0 aliphatic carbocycles. The summed E-state index contributed by atoms with van der Waals surface area (Å²) in [5.74, 6) is 0.347. The number of ether oxygens (including phenoxy) is 1. The molecule has 3 rings (SSSR count). The Labute approximate surface area is 139 Å². The van der Waals surface area contributed by atoms with Gasteiger partial charge in [-0.1, -0.05) is 30.3 Å². The zero-order chi connectivity index (χ0) is 16.1. The molecule has 4 heteroatoms. The molecule has 2 fully saturated rings. The second-order valence-electron chi connectivity index (χ2n) is 7.00. The molecule has 1 amide bonds. The van der Waals surface area contributed by atoms with Crippen LogP contribution in [0.2, 0.25) is 0 Å². The number of amides is 1. The Bertz CT molecular complexity index is 511. The van der Waals surface area contributed by atoms with Crippen LogP contribution in [-0.2, 0) is 16.0 Å². The number of rotatable bonds is 3. The minimum atomic E-state index is -0.275. The van der Waals surface area contributed by atoms with Crippen LogP contribution in [0.3, 0.4) is 0 Å². The Morgan fingerprint density at radius 2 is 1.83 bits per heavy atom. The first-order chi connectivity index (χ1) is 11.2. The quantitative estimate of drug-likeness (QED) is 0.857. The van der Waals surface area contributed by atoms with E-state index in [4.69, 9.17) is 4.74 Å². The standard InChI is InChI=1S/C19H28N2O2/c1-20-10-5-11-21(13-12-20)18(22)19(8-14-23-15-9-19)16-17-6-3-2-4-7-17/h2-4,6-7H,5,8-16H2,1H3. The maximum Gasteiger partial charge on any atom is 0.229 e. The molecule has 0 atom stereocenters. The molecule has 2 aliphatic heterocycles. The SMILES string of the molecule is CN1CCCN(C(=O)C2(Cc3ccccc3)CCOCC2)CC1. The highest BCUT2D eigenvalue weighted by Gasteiger charge is 2.42. The normalized spacial score (nSPS) is 22.6. The Balaban J connectivity index is 1.78. The zero-order valence-electron chi connectivity index (χ0n) is 14.2. The summed E-state index contributed by atoms with van der Waals surface area (Å²) in [7, 11) is 2.14. The van der Waals surface area contributed by atoms with Crippen molar-refractivity contribution in [3.8, 4) is 0 Å². The van der Waals surface area contributed by atoms with Gasteiger partial charge in [-0.25, -0.2) is 0 Å². The van der Waals surface area contributed by atoms with Crippen molar-refractivity contribution >= 4 is 5.91 Å². The molecule has 0 saturated carbocycles. The number of nitrogens with zero attached hydrogens (tertiary/aromatic N) is 2. The van der Waals surface area contributed by atoms with E-state index >= 15 is 0 Å². The molecule has 0 bridgehead atoms. The van der Waals surface area contributed by atoms with Gasteiger partial charge in [-0.15, -0.1) is 0 Å². The first kappa shape index (κ1) is 16.5. The van der Waals surface area contributed by atoms with E-state index < -0.39 is 0 Å². The number of likely N-dealkylation sites (N-methyl/N-ethyl adjacent to an activating group) is 1. The van der Waals surface area contributed by atoms with Crippen molar-refractivity contribution in [1.82, 2.24) is 9.80 Å². The smallest absolute Gasteiger partial charge is 0.229 e. The molecule has 2 saturated heterocycles. The lowest BCUT2D eigenvalue weighted by Gasteiger charge is -2.39. The van der Waals surface area contributed by atoms with Crippen LogP contribution in [0.4, 0.5) is 0 Å². The summed E-state index contributed by atoms with van der Waals surface area (Å²) in [4.78, 5) is 17.8. The van der Waals surface area contributed by atoms with Crippen LogP contribution < -0.4 is 0 Å². The highest BCUT2D eigenvalue weighted by Crippen LogP contribution is 2.36. The molecule has 0 spiro atoms. The van der Waals surface area contributed by atoms with Gasteiger partial charge in [-0.3, -0.25) is 4.79 Å². The van der Waals surface area contributed by atoms with Crippen LogP contribution >= 0.6 is 0 Å². The van der Waals surface area contributed by atoms with Crippen LogP contribution in [0, 0.1) is 5.41 Å². The average Bonchev–Trinajstić information content (AvgIpc) is 2.80. The summed E-state index contributed by atoms with van der Waals surface area (Å²) in [5, 5.41) is 0. The van der Waals surface area contributed by atoms with Crippen LogP contribution in [0.25, 0.3) is 0 Å². The zero-order valence-corrected chi connectivity index (χ0v) is 14.2. The van der Waals surface area contributed by atoms with E-state index in [0.29, 0.717) is 19.1 Å². The molecule has 1 aromatic carbocycles. The fraction of sp³-hybridized carbons (Fsp3) is 0.632. The molecule has 2 aliphatic rings. The van der Waals surface area contributed by atoms with E-state index in [1.807, 2.05) is 6.07 Å². The molecule has 23 heavy (non-hydrogen) atoms. The number of hydrogen-bond acceptors (Lipinski definition) is 3. The van der Waals surface area contributed by atoms with Gasteiger partial charge in [0.2, 0.25) is 5.91 Å². The molecule has 0 radical (unpaired) electrons. The minimum Gasteiger partial charge on any atom is -0.381 e. The molecular weight excluding hydrogens is 288 g/mol. The van der Waals surface area contributed by atoms with Crippen LogP contribution in [0.5, 0.6) is 0 Å². The second kappa shape index (κ2) is 7.45. The summed E-state index contributed by atoms with van der Waals surface area (Å²) in [6.07, 6.45) is 3.59. The Hall–Kier alpha value is -1.39. The molecule has 4 nitrogen and oxygen atoms in total. The molecule has 0 unspecified atom stereocenters. The number of hydrogen-bond donors (Lipinski definition) is 0. The summed E-state index contributed by atoms with van der Waals surface area (Å²) < 4.78 is 5.56. The van der Waals surface area contributed by atoms with Crippen LogP contribution in [0.1, 0.15) is 24.8 Å². The molecule has 0 N–H and O–H groups in total. The number of carbonyl (C=O) groups excluding carboxylic acids is 1. The molecule has 2 heterocycles. The second-order valence-corrected chi connectivity index (χ2v) is 7.00. The van der Waals surface area contributed by atoms with Crippen molar-refractivity contribution in [3.63, 3.8) is 0 Å². The fourth-order valence-electron chi connectivity index (χ4n) is 3.80. The van der Waals surface area contributed by atoms with Gasteiger partial charge >= 0.3 is 0 Å². The highest BCUT2D eigenvalue weighted by atomic mass is 16.5. The van der Waals surface area contributed by atoms with Gasteiger partial charge in [0.15, 0.2) is 0 Å². The Morgan fingerprint density at radius 1 is 1.09 bits per heavy atom. The van der Waals surface area contributed by atoms with Gasteiger partial charge in [-0.2, -0.15) is 0 Å². The Morgan fingerprint density at radius 3 is 2.57 bits per heavy atom. The van der Waals surface area contributed by atoms with E-state index in [-0.39, 0.29) is 5.41 Å². The van der Waals surface area contributed by atoms with Gasteiger partial charge in [0.25, 0.3) is 0 Å². The van der Waals surface area contributed by atoms with Crippen molar-refractivity contribution in [3.05, 3.63) is 35.9 Å². The van der Waals surface area contributed by atoms with Gasteiger partial charge in [0, 0.05) is 32.8 Å². The summed E-state index contributed by atoms with van der Waals surface area (Å²) in [6.45, 7) is 5.20. The molecule has 0 aromatic heterocycles. The number of benzene rings is 1. The van der Waals surface area contributed by atoms with Crippen molar-refractivity contribution < 1.29 is 9.53 Å². The predicted molar refractivity (Wildman–Crippen MR) is 91.3 cm³/mol. The maximum absolute atomic E-state index is 13.4. The third-order valence-electron chi connectivity index (χ3n) is 5.30. The maximum atomic E-state index is 13.4. The van der Waals surface area contributed by atoms with E-state index in [0.717, 1.165) is 51.9 Å². The number of carbonyl (C=O) groups is 1. The first-order valence-corrected chi connectivity index (χ1v) is 8.79. The molecule has 1 aromatic rings.